The van der Waals surface area contributed by atoms with Crippen molar-refractivity contribution in [2.75, 3.05) is 39.3 Å². The van der Waals surface area contributed by atoms with Crippen molar-refractivity contribution in [3.8, 4) is 5.75 Å². The second-order valence-corrected chi connectivity index (χ2v) is 12.0. The number of benzene rings is 2. The smallest absolute Gasteiger partial charge is 0.410 e. The van der Waals surface area contributed by atoms with Crippen LogP contribution in [0.15, 0.2) is 42.5 Å². The molecule has 1 fully saturated rings. The van der Waals surface area contributed by atoms with Gasteiger partial charge in [0.1, 0.15) is 17.5 Å². The molecule has 0 aliphatic carbocycles. The molecule has 2 aromatic rings. The standard InChI is InChI=1S/C31H41N3O5/c1-31(2,3)39-30(37)34-14-6-9-27(21-34)38-26-10-11-28-23(17-26)13-16-33(29(28)36)20-25(35)19-32-15-12-22-7-4-5-8-24(22)18-32/h4-5,7-8,10-11,17,25,27,35H,6,9,12-16,18-21H2,1-3H3/t25-,27?/m1/s1. The summed E-state index contributed by atoms with van der Waals surface area (Å²) in [4.78, 5) is 31.5. The topological polar surface area (TPSA) is 82.5 Å². The van der Waals surface area contributed by atoms with Gasteiger partial charge in [0.05, 0.1) is 12.6 Å². The zero-order valence-electron chi connectivity index (χ0n) is 23.4. The molecule has 1 unspecified atom stereocenters. The Labute approximate surface area is 231 Å². The number of hydrogen-bond acceptors (Lipinski definition) is 6. The Morgan fingerprint density at radius 1 is 1.03 bits per heavy atom. The van der Waals surface area contributed by atoms with E-state index in [4.69, 9.17) is 9.47 Å². The van der Waals surface area contributed by atoms with E-state index in [2.05, 4.69) is 29.2 Å². The van der Waals surface area contributed by atoms with Crippen LogP contribution in [0.25, 0.3) is 0 Å². The van der Waals surface area contributed by atoms with Crippen molar-refractivity contribution in [1.29, 1.82) is 0 Å². The third-order valence-corrected chi connectivity index (χ3v) is 7.69. The minimum Gasteiger partial charge on any atom is -0.489 e. The van der Waals surface area contributed by atoms with Gasteiger partial charge in [-0.3, -0.25) is 9.69 Å². The maximum absolute atomic E-state index is 13.2. The number of aliphatic hydroxyl groups is 1. The number of amides is 2. The minimum absolute atomic E-state index is 0.0420. The average Bonchev–Trinajstić information content (AvgIpc) is 2.89. The van der Waals surface area contributed by atoms with Crippen LogP contribution >= 0.6 is 0 Å². The zero-order chi connectivity index (χ0) is 27.6. The zero-order valence-corrected chi connectivity index (χ0v) is 23.4. The van der Waals surface area contributed by atoms with Crippen LogP contribution < -0.4 is 4.74 Å². The number of piperidine rings is 1. The predicted molar refractivity (Wildman–Crippen MR) is 149 cm³/mol. The van der Waals surface area contributed by atoms with Crippen LogP contribution in [0.4, 0.5) is 4.79 Å². The van der Waals surface area contributed by atoms with Gasteiger partial charge in [0.2, 0.25) is 0 Å². The molecule has 0 spiro atoms. The molecule has 2 atom stereocenters. The van der Waals surface area contributed by atoms with E-state index in [0.717, 1.165) is 50.1 Å². The molecule has 1 N–H and O–H groups in total. The van der Waals surface area contributed by atoms with E-state index in [1.165, 1.54) is 11.1 Å². The summed E-state index contributed by atoms with van der Waals surface area (Å²) in [6.07, 6.45) is 2.41. The number of nitrogens with zero attached hydrogens (tertiary/aromatic N) is 3. The molecule has 0 saturated carbocycles. The Kier molecular flexibility index (Phi) is 8.14. The minimum atomic E-state index is -0.595. The van der Waals surface area contributed by atoms with Gasteiger partial charge >= 0.3 is 6.09 Å². The molecule has 0 radical (unpaired) electrons. The number of likely N-dealkylation sites (tertiary alicyclic amines) is 1. The van der Waals surface area contributed by atoms with E-state index < -0.39 is 11.7 Å². The molecular weight excluding hydrogens is 494 g/mol. The monoisotopic (exact) mass is 535 g/mol. The normalized spacial score (nSPS) is 20.7. The first kappa shape index (κ1) is 27.5. The van der Waals surface area contributed by atoms with Crippen molar-refractivity contribution >= 4 is 12.0 Å². The van der Waals surface area contributed by atoms with Crippen molar-refractivity contribution in [2.24, 2.45) is 0 Å². The summed E-state index contributed by atoms with van der Waals surface area (Å²) in [5, 5.41) is 10.8. The van der Waals surface area contributed by atoms with Crippen LogP contribution in [-0.4, -0.2) is 88.9 Å². The summed E-state index contributed by atoms with van der Waals surface area (Å²) >= 11 is 0. The number of β-amino-alcohol motifs (C(OH)–C–C–N with tert-alkyl or cyclic N) is 1. The second-order valence-electron chi connectivity index (χ2n) is 12.0. The van der Waals surface area contributed by atoms with Gasteiger partial charge in [0, 0.05) is 44.8 Å². The van der Waals surface area contributed by atoms with Crippen LogP contribution in [0.2, 0.25) is 0 Å². The number of carbonyl (C=O) groups is 2. The molecule has 0 bridgehead atoms. The SMILES string of the molecule is CC(C)(C)OC(=O)N1CCCC(Oc2ccc3c(c2)CCN(C[C@H](O)CN2CCc4ccccc4C2)C3=O)C1. The molecule has 1 saturated heterocycles. The van der Waals surface area contributed by atoms with Crippen molar-refractivity contribution in [3.63, 3.8) is 0 Å². The van der Waals surface area contributed by atoms with Crippen molar-refractivity contribution < 1.29 is 24.2 Å². The number of fused-ring (bicyclic) bond motifs is 2. The molecule has 39 heavy (non-hydrogen) atoms. The van der Waals surface area contributed by atoms with Crippen LogP contribution in [-0.2, 0) is 24.1 Å². The van der Waals surface area contributed by atoms with Crippen molar-refractivity contribution in [1.82, 2.24) is 14.7 Å². The highest BCUT2D eigenvalue weighted by Crippen LogP contribution is 2.27. The molecule has 8 nitrogen and oxygen atoms in total. The Morgan fingerprint density at radius 2 is 1.79 bits per heavy atom. The summed E-state index contributed by atoms with van der Waals surface area (Å²) in [5.74, 6) is 0.677. The fourth-order valence-electron chi connectivity index (χ4n) is 5.80. The largest absolute Gasteiger partial charge is 0.489 e. The first-order chi connectivity index (χ1) is 18.6. The molecule has 5 rings (SSSR count). The third-order valence-electron chi connectivity index (χ3n) is 7.69. The molecular formula is C31H41N3O5. The molecule has 210 valence electrons. The van der Waals surface area contributed by atoms with Gasteiger partial charge in [-0.25, -0.2) is 4.79 Å². The Morgan fingerprint density at radius 3 is 2.59 bits per heavy atom. The summed E-state index contributed by atoms with van der Waals surface area (Å²) in [7, 11) is 0. The molecule has 3 aliphatic heterocycles. The molecule has 3 aliphatic rings. The fourth-order valence-corrected chi connectivity index (χ4v) is 5.80. The summed E-state index contributed by atoms with van der Waals surface area (Å²) in [6.45, 7) is 9.97. The van der Waals surface area contributed by atoms with Gasteiger partial charge in [0.15, 0.2) is 0 Å². The molecule has 3 heterocycles. The number of rotatable bonds is 6. The molecule has 2 aromatic carbocycles. The lowest BCUT2D eigenvalue weighted by atomic mass is 9.98. The van der Waals surface area contributed by atoms with E-state index in [1.807, 2.05) is 39.0 Å². The maximum atomic E-state index is 13.2. The van der Waals surface area contributed by atoms with Gasteiger partial charge in [0.25, 0.3) is 5.91 Å². The first-order valence-corrected chi connectivity index (χ1v) is 14.2. The van der Waals surface area contributed by atoms with Gasteiger partial charge in [-0.1, -0.05) is 24.3 Å². The highest BCUT2D eigenvalue weighted by atomic mass is 16.6. The maximum Gasteiger partial charge on any atom is 0.410 e. The van der Waals surface area contributed by atoms with Crippen LogP contribution in [0.3, 0.4) is 0 Å². The van der Waals surface area contributed by atoms with Gasteiger partial charge < -0.3 is 24.4 Å². The van der Waals surface area contributed by atoms with E-state index in [-0.39, 0.29) is 18.1 Å². The lowest BCUT2D eigenvalue weighted by Gasteiger charge is -2.35. The van der Waals surface area contributed by atoms with Gasteiger partial charge in [-0.15, -0.1) is 0 Å². The van der Waals surface area contributed by atoms with E-state index in [1.54, 1.807) is 9.80 Å². The van der Waals surface area contributed by atoms with Crippen LogP contribution in [0.5, 0.6) is 5.75 Å². The Hall–Kier alpha value is -3.10. The first-order valence-electron chi connectivity index (χ1n) is 14.2. The molecule has 8 heteroatoms. The predicted octanol–water partition coefficient (Wildman–Crippen LogP) is 3.88. The summed E-state index contributed by atoms with van der Waals surface area (Å²) in [6, 6.07) is 14.1. The van der Waals surface area contributed by atoms with Crippen molar-refractivity contribution in [2.45, 2.75) is 70.8 Å². The Balaban J connectivity index is 1.14. The van der Waals surface area contributed by atoms with Crippen LogP contribution in [0.1, 0.15) is 60.7 Å². The van der Waals surface area contributed by atoms with E-state index >= 15 is 0 Å². The summed E-state index contributed by atoms with van der Waals surface area (Å²) < 4.78 is 11.8. The number of aliphatic hydroxyl groups excluding tert-OH is 1. The quantitative estimate of drug-likeness (QED) is 0.605. The lowest BCUT2D eigenvalue weighted by Crippen LogP contribution is -2.46. The third kappa shape index (κ3) is 6.92. The highest BCUT2D eigenvalue weighted by molar-refractivity contribution is 5.97. The molecule has 2 amide bonds. The number of ether oxygens (including phenoxy) is 2. The van der Waals surface area contributed by atoms with E-state index in [0.29, 0.717) is 38.3 Å². The van der Waals surface area contributed by atoms with Crippen molar-refractivity contribution in [3.05, 3.63) is 64.7 Å². The lowest BCUT2D eigenvalue weighted by molar-refractivity contribution is 0.00772. The summed E-state index contributed by atoms with van der Waals surface area (Å²) in [5.41, 5.74) is 3.82. The highest BCUT2D eigenvalue weighted by Gasteiger charge is 2.30. The Bertz CT molecular complexity index is 1190. The van der Waals surface area contributed by atoms with Gasteiger partial charge in [-0.05, 0) is 81.3 Å². The number of carbonyl (C=O) groups excluding carboxylic acids is 2. The van der Waals surface area contributed by atoms with Gasteiger partial charge in [-0.2, -0.15) is 0 Å². The average molecular weight is 536 g/mol. The van der Waals surface area contributed by atoms with E-state index in [9.17, 15) is 14.7 Å². The second kappa shape index (κ2) is 11.6. The molecule has 0 aromatic heterocycles. The fraction of sp³-hybridized carbons (Fsp3) is 0.548. The number of hydrogen-bond donors (Lipinski definition) is 1. The van der Waals surface area contributed by atoms with Crippen LogP contribution in [0, 0.1) is 0 Å².